The predicted molar refractivity (Wildman–Crippen MR) is 84.5 cm³/mol. The Hall–Kier alpha value is -1.87. The number of carbonyl (C=O) groups is 1. The quantitative estimate of drug-likeness (QED) is 0.634. The highest BCUT2D eigenvalue weighted by Gasteiger charge is 2.13. The smallest absolute Gasteiger partial charge is 0.312 e. The standard InChI is InChI=1S/C18H21NO2/c20-18(11-14-19-12-4-1-5-13-19)21-17-10-6-8-15-7-2-3-9-16(15)17/h2-3,6-10H,1,4-5,11-14H2. The van der Waals surface area contributed by atoms with E-state index in [4.69, 9.17) is 4.74 Å². The maximum atomic E-state index is 12.0. The molecule has 3 rings (SSSR count). The fraction of sp³-hybridized carbons (Fsp3) is 0.389. The summed E-state index contributed by atoms with van der Waals surface area (Å²) in [6.45, 7) is 3.03. The lowest BCUT2D eigenvalue weighted by atomic mass is 10.1. The van der Waals surface area contributed by atoms with Crippen molar-refractivity contribution >= 4 is 16.7 Å². The summed E-state index contributed by atoms with van der Waals surface area (Å²) in [5.74, 6) is 0.522. The van der Waals surface area contributed by atoms with Gasteiger partial charge in [0, 0.05) is 11.9 Å². The summed E-state index contributed by atoms with van der Waals surface area (Å²) in [5.41, 5.74) is 0. The molecule has 1 saturated heterocycles. The van der Waals surface area contributed by atoms with E-state index in [1.54, 1.807) is 0 Å². The first-order chi connectivity index (χ1) is 10.3. The van der Waals surface area contributed by atoms with E-state index in [2.05, 4.69) is 4.90 Å². The molecule has 110 valence electrons. The van der Waals surface area contributed by atoms with Crippen LogP contribution in [0.3, 0.4) is 0 Å². The van der Waals surface area contributed by atoms with E-state index in [9.17, 15) is 4.79 Å². The summed E-state index contributed by atoms with van der Waals surface area (Å²) in [7, 11) is 0. The Labute approximate surface area is 125 Å². The molecule has 1 aliphatic rings. The van der Waals surface area contributed by atoms with Crippen molar-refractivity contribution in [1.82, 2.24) is 4.90 Å². The van der Waals surface area contributed by atoms with Crippen molar-refractivity contribution in [1.29, 1.82) is 0 Å². The number of nitrogens with zero attached hydrogens (tertiary/aromatic N) is 1. The molecule has 0 spiro atoms. The summed E-state index contributed by atoms with van der Waals surface area (Å²) in [6.07, 6.45) is 4.27. The zero-order valence-electron chi connectivity index (χ0n) is 12.3. The molecule has 1 aliphatic heterocycles. The first-order valence-electron chi connectivity index (χ1n) is 7.74. The van der Waals surface area contributed by atoms with E-state index in [0.29, 0.717) is 12.2 Å². The van der Waals surface area contributed by atoms with E-state index in [1.807, 2.05) is 42.5 Å². The third kappa shape index (κ3) is 3.61. The fourth-order valence-electron chi connectivity index (χ4n) is 2.89. The van der Waals surface area contributed by atoms with Crippen LogP contribution >= 0.6 is 0 Å². The highest BCUT2D eigenvalue weighted by molar-refractivity contribution is 5.90. The molecular formula is C18H21NO2. The van der Waals surface area contributed by atoms with Gasteiger partial charge in [-0.15, -0.1) is 0 Å². The minimum atomic E-state index is -0.142. The Morgan fingerprint density at radius 1 is 1.00 bits per heavy atom. The van der Waals surface area contributed by atoms with Crippen molar-refractivity contribution in [2.75, 3.05) is 19.6 Å². The third-order valence-corrected chi connectivity index (χ3v) is 4.05. The Kier molecular flexibility index (Phi) is 4.51. The first kappa shape index (κ1) is 14.1. The molecule has 0 aromatic heterocycles. The molecule has 1 fully saturated rings. The maximum absolute atomic E-state index is 12.0. The van der Waals surface area contributed by atoms with Gasteiger partial charge in [0.25, 0.3) is 0 Å². The lowest BCUT2D eigenvalue weighted by Gasteiger charge is -2.25. The van der Waals surface area contributed by atoms with Crippen LogP contribution in [-0.4, -0.2) is 30.5 Å². The van der Waals surface area contributed by atoms with E-state index >= 15 is 0 Å². The highest BCUT2D eigenvalue weighted by atomic mass is 16.5. The number of ether oxygens (including phenoxy) is 1. The molecule has 0 N–H and O–H groups in total. The minimum absolute atomic E-state index is 0.142. The monoisotopic (exact) mass is 283 g/mol. The second-order valence-corrected chi connectivity index (χ2v) is 5.60. The Morgan fingerprint density at radius 2 is 1.76 bits per heavy atom. The second kappa shape index (κ2) is 6.72. The van der Waals surface area contributed by atoms with Crippen molar-refractivity contribution in [3.05, 3.63) is 42.5 Å². The minimum Gasteiger partial charge on any atom is -0.426 e. The zero-order valence-corrected chi connectivity index (χ0v) is 12.3. The zero-order chi connectivity index (χ0) is 14.5. The van der Waals surface area contributed by atoms with E-state index in [-0.39, 0.29) is 5.97 Å². The lowest BCUT2D eigenvalue weighted by Crippen LogP contribution is -2.32. The molecule has 0 bridgehead atoms. The number of likely N-dealkylation sites (tertiary alicyclic amines) is 1. The summed E-state index contributed by atoms with van der Waals surface area (Å²) >= 11 is 0. The number of hydrogen-bond acceptors (Lipinski definition) is 3. The van der Waals surface area contributed by atoms with Crippen molar-refractivity contribution in [2.24, 2.45) is 0 Å². The van der Waals surface area contributed by atoms with Gasteiger partial charge in [0.15, 0.2) is 0 Å². The van der Waals surface area contributed by atoms with Gasteiger partial charge in [-0.3, -0.25) is 4.79 Å². The number of benzene rings is 2. The summed E-state index contributed by atoms with van der Waals surface area (Å²) in [4.78, 5) is 14.4. The van der Waals surface area contributed by atoms with E-state index in [0.717, 1.165) is 30.4 Å². The highest BCUT2D eigenvalue weighted by Crippen LogP contribution is 2.25. The molecule has 0 radical (unpaired) electrons. The van der Waals surface area contributed by atoms with Crippen molar-refractivity contribution < 1.29 is 9.53 Å². The molecular weight excluding hydrogens is 262 g/mol. The number of fused-ring (bicyclic) bond motifs is 1. The molecule has 2 aromatic rings. The average molecular weight is 283 g/mol. The van der Waals surface area contributed by atoms with Gasteiger partial charge in [-0.25, -0.2) is 0 Å². The van der Waals surface area contributed by atoms with Crippen LogP contribution < -0.4 is 4.74 Å². The van der Waals surface area contributed by atoms with Crippen LogP contribution in [0.25, 0.3) is 10.8 Å². The Balaban J connectivity index is 1.61. The Morgan fingerprint density at radius 3 is 2.62 bits per heavy atom. The third-order valence-electron chi connectivity index (χ3n) is 4.05. The molecule has 0 atom stereocenters. The van der Waals surface area contributed by atoms with Gasteiger partial charge in [0.05, 0.1) is 6.42 Å². The van der Waals surface area contributed by atoms with Gasteiger partial charge in [-0.2, -0.15) is 0 Å². The van der Waals surface area contributed by atoms with Crippen molar-refractivity contribution in [2.45, 2.75) is 25.7 Å². The number of esters is 1. The fourth-order valence-corrected chi connectivity index (χ4v) is 2.89. The van der Waals surface area contributed by atoms with Crippen LogP contribution in [0, 0.1) is 0 Å². The topological polar surface area (TPSA) is 29.5 Å². The number of rotatable bonds is 4. The molecule has 1 heterocycles. The second-order valence-electron chi connectivity index (χ2n) is 5.60. The van der Waals surface area contributed by atoms with Crippen molar-refractivity contribution in [3.63, 3.8) is 0 Å². The largest absolute Gasteiger partial charge is 0.426 e. The van der Waals surface area contributed by atoms with Gasteiger partial charge >= 0.3 is 5.97 Å². The van der Waals surface area contributed by atoms with Gasteiger partial charge in [0.1, 0.15) is 5.75 Å². The molecule has 0 saturated carbocycles. The molecule has 0 aliphatic carbocycles. The van der Waals surface area contributed by atoms with Crippen LogP contribution in [0.4, 0.5) is 0 Å². The molecule has 0 unspecified atom stereocenters. The van der Waals surface area contributed by atoms with Crippen LogP contribution in [0.15, 0.2) is 42.5 Å². The number of carbonyl (C=O) groups excluding carboxylic acids is 1. The number of hydrogen-bond donors (Lipinski definition) is 0. The van der Waals surface area contributed by atoms with Crippen LogP contribution in [0.5, 0.6) is 5.75 Å². The number of piperidine rings is 1. The molecule has 0 amide bonds. The van der Waals surface area contributed by atoms with Crippen LogP contribution in [-0.2, 0) is 4.79 Å². The van der Waals surface area contributed by atoms with Gasteiger partial charge in [0.2, 0.25) is 0 Å². The average Bonchev–Trinajstić information content (AvgIpc) is 2.54. The molecule has 3 nitrogen and oxygen atoms in total. The molecule has 2 aromatic carbocycles. The summed E-state index contributed by atoms with van der Waals surface area (Å²) in [5, 5.41) is 2.09. The van der Waals surface area contributed by atoms with Crippen LogP contribution in [0.2, 0.25) is 0 Å². The normalized spacial score (nSPS) is 16.0. The maximum Gasteiger partial charge on any atom is 0.312 e. The summed E-state index contributed by atoms with van der Waals surface area (Å²) < 4.78 is 5.55. The summed E-state index contributed by atoms with van der Waals surface area (Å²) in [6, 6.07) is 13.8. The van der Waals surface area contributed by atoms with E-state index in [1.165, 1.54) is 19.3 Å². The molecule has 3 heteroatoms. The predicted octanol–water partition coefficient (Wildman–Crippen LogP) is 3.62. The van der Waals surface area contributed by atoms with E-state index < -0.39 is 0 Å². The first-order valence-corrected chi connectivity index (χ1v) is 7.74. The Bertz CT molecular complexity index is 612. The van der Waals surface area contributed by atoms with Crippen molar-refractivity contribution in [3.8, 4) is 5.75 Å². The van der Waals surface area contributed by atoms with Crippen LogP contribution in [0.1, 0.15) is 25.7 Å². The van der Waals surface area contributed by atoms with Gasteiger partial charge in [-0.1, -0.05) is 42.8 Å². The van der Waals surface area contributed by atoms with Gasteiger partial charge < -0.3 is 9.64 Å². The SMILES string of the molecule is O=C(CCN1CCCCC1)Oc1cccc2ccccc12. The lowest BCUT2D eigenvalue weighted by molar-refractivity contribution is -0.134. The molecule has 21 heavy (non-hydrogen) atoms. The van der Waals surface area contributed by atoms with Gasteiger partial charge in [-0.05, 0) is 37.4 Å².